The Kier molecular flexibility index (Phi) is 2.15. The van der Waals surface area contributed by atoms with E-state index in [1.165, 1.54) is 19.3 Å². The summed E-state index contributed by atoms with van der Waals surface area (Å²) in [5.74, 6) is 2.19. The van der Waals surface area contributed by atoms with E-state index in [0.717, 1.165) is 18.8 Å². The Labute approximate surface area is 74.3 Å². The van der Waals surface area contributed by atoms with E-state index in [1.54, 1.807) is 0 Å². The van der Waals surface area contributed by atoms with Crippen LogP contribution in [-0.4, -0.2) is 19.9 Å². The van der Waals surface area contributed by atoms with Gasteiger partial charge in [0.05, 0.1) is 11.5 Å². The van der Waals surface area contributed by atoms with Crippen molar-refractivity contribution in [2.24, 2.45) is 11.8 Å². The van der Waals surface area contributed by atoms with Crippen LogP contribution in [0, 0.1) is 11.8 Å². The molecular formula is C9H16O2S. The number of sulfone groups is 1. The van der Waals surface area contributed by atoms with Crippen LogP contribution in [0.25, 0.3) is 0 Å². The molecule has 1 saturated carbocycles. The zero-order valence-electron chi connectivity index (χ0n) is 7.33. The average molecular weight is 188 g/mol. The molecule has 0 aromatic heterocycles. The van der Waals surface area contributed by atoms with Crippen LogP contribution in [0.3, 0.4) is 0 Å². The van der Waals surface area contributed by atoms with Gasteiger partial charge in [0.15, 0.2) is 9.84 Å². The van der Waals surface area contributed by atoms with Crippen molar-refractivity contribution in [3.63, 3.8) is 0 Å². The summed E-state index contributed by atoms with van der Waals surface area (Å²) >= 11 is 0. The topological polar surface area (TPSA) is 34.1 Å². The zero-order valence-corrected chi connectivity index (χ0v) is 8.15. The standard InChI is InChI=1S/C9H16O2S/c10-12(11)6-5-8-3-1-2-4-9(8)7-12/h8-9H,1-7H2/t8-,9-/m1/s1. The molecule has 0 aromatic carbocycles. The molecule has 0 radical (unpaired) electrons. The highest BCUT2D eigenvalue weighted by Gasteiger charge is 2.34. The first-order valence-corrected chi connectivity index (χ1v) is 6.70. The van der Waals surface area contributed by atoms with Gasteiger partial charge in [0.25, 0.3) is 0 Å². The van der Waals surface area contributed by atoms with Crippen molar-refractivity contribution < 1.29 is 8.42 Å². The van der Waals surface area contributed by atoms with Crippen LogP contribution in [-0.2, 0) is 9.84 Å². The molecule has 1 saturated heterocycles. The van der Waals surface area contributed by atoms with E-state index in [0.29, 0.717) is 17.4 Å². The Hall–Kier alpha value is -0.0500. The van der Waals surface area contributed by atoms with Gasteiger partial charge in [0, 0.05) is 0 Å². The van der Waals surface area contributed by atoms with Crippen LogP contribution in [0.5, 0.6) is 0 Å². The van der Waals surface area contributed by atoms with Crippen molar-refractivity contribution in [3.05, 3.63) is 0 Å². The maximum atomic E-state index is 11.3. The normalized spacial score (nSPS) is 40.3. The largest absolute Gasteiger partial charge is 0.229 e. The summed E-state index contributed by atoms with van der Waals surface area (Å²) < 4.78 is 22.6. The Bertz CT molecular complexity index is 256. The lowest BCUT2D eigenvalue weighted by Crippen LogP contribution is -2.34. The highest BCUT2D eigenvalue weighted by atomic mass is 32.2. The molecule has 0 unspecified atom stereocenters. The van der Waals surface area contributed by atoms with E-state index in [1.807, 2.05) is 0 Å². The molecule has 2 nitrogen and oxygen atoms in total. The van der Waals surface area contributed by atoms with Crippen molar-refractivity contribution in [1.82, 2.24) is 0 Å². The Morgan fingerprint density at radius 1 is 0.917 bits per heavy atom. The molecule has 0 amide bonds. The molecule has 2 aliphatic rings. The minimum atomic E-state index is -2.65. The molecule has 1 aliphatic carbocycles. The second-order valence-corrected chi connectivity index (χ2v) is 6.44. The van der Waals surface area contributed by atoms with Gasteiger partial charge in [-0.05, 0) is 24.7 Å². The molecule has 12 heavy (non-hydrogen) atoms. The van der Waals surface area contributed by atoms with Crippen molar-refractivity contribution >= 4 is 9.84 Å². The third-order valence-corrected chi connectivity index (χ3v) is 5.13. The Morgan fingerprint density at radius 3 is 2.33 bits per heavy atom. The van der Waals surface area contributed by atoms with Gasteiger partial charge in [0.2, 0.25) is 0 Å². The fourth-order valence-corrected chi connectivity index (χ4v) is 4.54. The summed E-state index contributed by atoms with van der Waals surface area (Å²) in [7, 11) is -2.65. The Morgan fingerprint density at radius 2 is 1.58 bits per heavy atom. The minimum Gasteiger partial charge on any atom is -0.229 e. The summed E-state index contributed by atoms with van der Waals surface area (Å²) in [6, 6.07) is 0. The van der Waals surface area contributed by atoms with Crippen LogP contribution < -0.4 is 0 Å². The van der Waals surface area contributed by atoms with Gasteiger partial charge in [0.1, 0.15) is 0 Å². The van der Waals surface area contributed by atoms with Gasteiger partial charge >= 0.3 is 0 Å². The maximum Gasteiger partial charge on any atom is 0.150 e. The molecule has 70 valence electrons. The van der Waals surface area contributed by atoms with Crippen LogP contribution in [0.2, 0.25) is 0 Å². The van der Waals surface area contributed by atoms with Crippen LogP contribution in [0.1, 0.15) is 32.1 Å². The number of hydrogen-bond donors (Lipinski definition) is 0. The van der Waals surface area contributed by atoms with Gasteiger partial charge in [-0.25, -0.2) is 8.42 Å². The summed E-state index contributed by atoms with van der Waals surface area (Å²) in [6.45, 7) is 0. The molecule has 0 aromatic rings. The van der Waals surface area contributed by atoms with Gasteiger partial charge in [-0.2, -0.15) is 0 Å². The second kappa shape index (κ2) is 3.02. The number of rotatable bonds is 0. The van der Waals surface area contributed by atoms with E-state index in [4.69, 9.17) is 0 Å². The highest BCUT2D eigenvalue weighted by molar-refractivity contribution is 7.91. The molecule has 3 heteroatoms. The van der Waals surface area contributed by atoms with Gasteiger partial charge in [-0.15, -0.1) is 0 Å². The highest BCUT2D eigenvalue weighted by Crippen LogP contribution is 2.36. The molecule has 0 N–H and O–H groups in total. The molecule has 2 fully saturated rings. The van der Waals surface area contributed by atoms with Crippen LogP contribution in [0.15, 0.2) is 0 Å². The molecule has 1 heterocycles. The summed E-state index contributed by atoms with van der Waals surface area (Å²) in [5, 5.41) is 0. The van der Waals surface area contributed by atoms with Crippen molar-refractivity contribution in [3.8, 4) is 0 Å². The molecule has 2 atom stereocenters. The maximum absolute atomic E-state index is 11.3. The van der Waals surface area contributed by atoms with Crippen molar-refractivity contribution in [1.29, 1.82) is 0 Å². The van der Waals surface area contributed by atoms with E-state index in [2.05, 4.69) is 0 Å². The first kappa shape index (κ1) is 8.54. The quantitative estimate of drug-likeness (QED) is 0.579. The SMILES string of the molecule is O=S1(=O)CC[C@H]2CCCC[C@@H]2C1. The molecule has 2 rings (SSSR count). The van der Waals surface area contributed by atoms with Gasteiger partial charge < -0.3 is 0 Å². The molecule has 0 spiro atoms. The monoisotopic (exact) mass is 188 g/mol. The van der Waals surface area contributed by atoms with Crippen molar-refractivity contribution in [2.45, 2.75) is 32.1 Å². The fraction of sp³-hybridized carbons (Fsp3) is 1.00. The molecule has 1 aliphatic heterocycles. The Balaban J connectivity index is 2.08. The predicted molar refractivity (Wildman–Crippen MR) is 48.7 cm³/mol. The molecular weight excluding hydrogens is 172 g/mol. The summed E-state index contributed by atoms with van der Waals surface area (Å²) in [5.41, 5.74) is 0. The van der Waals surface area contributed by atoms with Crippen molar-refractivity contribution in [2.75, 3.05) is 11.5 Å². The summed E-state index contributed by atoms with van der Waals surface area (Å²) in [4.78, 5) is 0. The lowest BCUT2D eigenvalue weighted by atomic mass is 9.79. The third-order valence-electron chi connectivity index (χ3n) is 3.33. The first-order chi connectivity index (χ1) is 5.67. The average Bonchev–Trinajstić information content (AvgIpc) is 2.02. The lowest BCUT2D eigenvalue weighted by Gasteiger charge is -2.34. The minimum absolute atomic E-state index is 0.453. The zero-order chi connectivity index (χ0) is 8.60. The number of hydrogen-bond acceptors (Lipinski definition) is 2. The third kappa shape index (κ3) is 1.65. The first-order valence-electron chi connectivity index (χ1n) is 4.88. The smallest absolute Gasteiger partial charge is 0.150 e. The van der Waals surface area contributed by atoms with Gasteiger partial charge in [-0.3, -0.25) is 0 Å². The van der Waals surface area contributed by atoms with Crippen LogP contribution in [0.4, 0.5) is 0 Å². The van der Waals surface area contributed by atoms with E-state index in [-0.39, 0.29) is 0 Å². The van der Waals surface area contributed by atoms with Gasteiger partial charge in [-0.1, -0.05) is 19.3 Å². The summed E-state index contributed by atoms with van der Waals surface area (Å²) in [6.07, 6.45) is 5.94. The predicted octanol–water partition coefficient (Wildman–Crippen LogP) is 1.61. The van der Waals surface area contributed by atoms with E-state index < -0.39 is 9.84 Å². The van der Waals surface area contributed by atoms with E-state index >= 15 is 0 Å². The molecule has 0 bridgehead atoms. The van der Waals surface area contributed by atoms with E-state index in [9.17, 15) is 8.42 Å². The van der Waals surface area contributed by atoms with Crippen LogP contribution >= 0.6 is 0 Å². The lowest BCUT2D eigenvalue weighted by molar-refractivity contribution is 0.242. The number of fused-ring (bicyclic) bond motifs is 1. The second-order valence-electron chi connectivity index (χ2n) is 4.21. The fourth-order valence-electron chi connectivity index (χ4n) is 2.62.